The van der Waals surface area contributed by atoms with Gasteiger partial charge in [-0.15, -0.1) is 12.3 Å². The Morgan fingerprint density at radius 3 is 2.38 bits per heavy atom. The molecular formula is C11H19NO. The van der Waals surface area contributed by atoms with Gasteiger partial charge in [0.05, 0.1) is 6.04 Å². The third-order valence-corrected chi connectivity index (χ3v) is 2.40. The number of rotatable bonds is 6. The molecule has 1 unspecified atom stereocenters. The van der Waals surface area contributed by atoms with E-state index in [1.54, 1.807) is 0 Å². The molecular weight excluding hydrogens is 162 g/mol. The summed E-state index contributed by atoms with van der Waals surface area (Å²) in [5.74, 6) is 2.98. The molecule has 0 rings (SSSR count). The van der Waals surface area contributed by atoms with Crippen molar-refractivity contribution in [2.24, 2.45) is 11.7 Å². The first-order valence-electron chi connectivity index (χ1n) is 4.87. The Hall–Kier alpha value is -0.810. The van der Waals surface area contributed by atoms with Crippen molar-refractivity contribution in [3.63, 3.8) is 0 Å². The van der Waals surface area contributed by atoms with E-state index in [1.807, 2.05) is 0 Å². The molecule has 0 aliphatic rings. The van der Waals surface area contributed by atoms with Crippen LogP contribution in [0, 0.1) is 18.3 Å². The van der Waals surface area contributed by atoms with Gasteiger partial charge in [0.15, 0.2) is 5.78 Å². The van der Waals surface area contributed by atoms with Crippen molar-refractivity contribution in [2.75, 3.05) is 0 Å². The molecule has 0 aliphatic heterocycles. The van der Waals surface area contributed by atoms with Gasteiger partial charge in [0.25, 0.3) is 0 Å². The molecule has 0 aromatic rings. The molecule has 1 atom stereocenters. The van der Waals surface area contributed by atoms with Gasteiger partial charge in [-0.25, -0.2) is 0 Å². The number of nitrogens with two attached hydrogens (primary N) is 1. The molecule has 0 radical (unpaired) electrons. The first-order chi connectivity index (χ1) is 6.15. The summed E-state index contributed by atoms with van der Waals surface area (Å²) < 4.78 is 0. The Morgan fingerprint density at radius 2 is 2.00 bits per heavy atom. The highest BCUT2D eigenvalue weighted by atomic mass is 16.1. The van der Waals surface area contributed by atoms with E-state index >= 15 is 0 Å². The average molecular weight is 181 g/mol. The van der Waals surface area contributed by atoms with Gasteiger partial charge in [-0.3, -0.25) is 4.79 Å². The van der Waals surface area contributed by atoms with Crippen molar-refractivity contribution in [1.29, 1.82) is 0 Å². The first kappa shape index (κ1) is 12.2. The number of hydrogen-bond acceptors (Lipinski definition) is 2. The number of hydrogen-bond donors (Lipinski definition) is 1. The average Bonchev–Trinajstić information content (AvgIpc) is 2.14. The maximum atomic E-state index is 11.4. The predicted molar refractivity (Wildman–Crippen MR) is 55.1 cm³/mol. The third-order valence-electron chi connectivity index (χ3n) is 2.40. The van der Waals surface area contributed by atoms with Gasteiger partial charge in [0.2, 0.25) is 0 Å². The van der Waals surface area contributed by atoms with Gasteiger partial charge in [0.1, 0.15) is 0 Å². The fourth-order valence-corrected chi connectivity index (χ4v) is 1.25. The molecule has 0 spiro atoms. The van der Waals surface area contributed by atoms with Crippen molar-refractivity contribution in [2.45, 2.75) is 45.6 Å². The summed E-state index contributed by atoms with van der Waals surface area (Å²) in [5, 5.41) is 0. The van der Waals surface area contributed by atoms with E-state index in [-0.39, 0.29) is 5.78 Å². The zero-order chi connectivity index (χ0) is 10.3. The fraction of sp³-hybridized carbons (Fsp3) is 0.727. The van der Waals surface area contributed by atoms with Gasteiger partial charge in [-0.05, 0) is 5.92 Å². The van der Waals surface area contributed by atoms with Crippen LogP contribution in [0.2, 0.25) is 0 Å². The van der Waals surface area contributed by atoms with Crippen LogP contribution in [0.5, 0.6) is 0 Å². The van der Waals surface area contributed by atoms with Crippen molar-refractivity contribution >= 4 is 5.78 Å². The van der Waals surface area contributed by atoms with Crippen LogP contribution in [-0.4, -0.2) is 11.8 Å². The minimum Gasteiger partial charge on any atom is -0.321 e. The smallest absolute Gasteiger partial charge is 0.150 e. The summed E-state index contributed by atoms with van der Waals surface area (Å²) in [6.45, 7) is 4.18. The van der Waals surface area contributed by atoms with Crippen LogP contribution in [0.3, 0.4) is 0 Å². The van der Waals surface area contributed by atoms with Gasteiger partial charge < -0.3 is 5.73 Å². The number of carbonyl (C=O) groups is 1. The van der Waals surface area contributed by atoms with Crippen LogP contribution in [0.25, 0.3) is 0 Å². The van der Waals surface area contributed by atoms with E-state index in [0.29, 0.717) is 18.8 Å². The molecule has 0 aromatic heterocycles. The van der Waals surface area contributed by atoms with Crippen LogP contribution >= 0.6 is 0 Å². The summed E-state index contributed by atoms with van der Waals surface area (Å²) in [6, 6.07) is -0.453. The van der Waals surface area contributed by atoms with Gasteiger partial charge in [-0.2, -0.15) is 0 Å². The predicted octanol–water partition coefficient (Wildman–Crippen LogP) is 1.73. The largest absolute Gasteiger partial charge is 0.321 e. The fourth-order valence-electron chi connectivity index (χ4n) is 1.25. The Kier molecular flexibility index (Phi) is 6.26. The zero-order valence-corrected chi connectivity index (χ0v) is 8.55. The van der Waals surface area contributed by atoms with Gasteiger partial charge >= 0.3 is 0 Å². The van der Waals surface area contributed by atoms with E-state index in [9.17, 15) is 4.79 Å². The van der Waals surface area contributed by atoms with Crippen molar-refractivity contribution < 1.29 is 4.79 Å². The van der Waals surface area contributed by atoms with Crippen LogP contribution in [0.4, 0.5) is 0 Å². The lowest BCUT2D eigenvalue weighted by atomic mass is 9.93. The summed E-state index contributed by atoms with van der Waals surface area (Å²) in [4.78, 5) is 11.4. The lowest BCUT2D eigenvalue weighted by Crippen LogP contribution is -2.31. The molecule has 2 heteroatoms. The quantitative estimate of drug-likeness (QED) is 0.634. The van der Waals surface area contributed by atoms with Crippen molar-refractivity contribution in [3.8, 4) is 12.3 Å². The SMILES string of the molecule is C#CCC(N)C(=O)CC(CC)CC. The molecule has 0 aromatic carbocycles. The Bertz CT molecular complexity index is 189. The van der Waals surface area contributed by atoms with Crippen LogP contribution in [0.1, 0.15) is 39.5 Å². The summed E-state index contributed by atoms with van der Waals surface area (Å²) in [6.07, 6.45) is 8.09. The van der Waals surface area contributed by atoms with Crippen LogP contribution < -0.4 is 5.73 Å². The number of ketones is 1. The second-order valence-electron chi connectivity index (χ2n) is 3.37. The summed E-state index contributed by atoms with van der Waals surface area (Å²) >= 11 is 0. The van der Waals surface area contributed by atoms with Gasteiger partial charge in [-0.1, -0.05) is 26.7 Å². The maximum absolute atomic E-state index is 11.4. The lowest BCUT2D eigenvalue weighted by molar-refractivity contribution is -0.121. The maximum Gasteiger partial charge on any atom is 0.150 e. The van der Waals surface area contributed by atoms with E-state index in [4.69, 9.17) is 12.2 Å². The highest BCUT2D eigenvalue weighted by Crippen LogP contribution is 2.13. The third kappa shape index (κ3) is 4.69. The van der Waals surface area contributed by atoms with Crippen molar-refractivity contribution in [1.82, 2.24) is 0 Å². The molecule has 0 saturated heterocycles. The molecule has 2 N–H and O–H groups in total. The molecule has 0 heterocycles. The molecule has 2 nitrogen and oxygen atoms in total. The number of carbonyl (C=O) groups excluding carboxylic acids is 1. The first-order valence-corrected chi connectivity index (χ1v) is 4.87. The summed E-state index contributed by atoms with van der Waals surface area (Å²) in [7, 11) is 0. The van der Waals surface area contributed by atoms with E-state index < -0.39 is 6.04 Å². The van der Waals surface area contributed by atoms with E-state index in [1.165, 1.54) is 0 Å². The van der Waals surface area contributed by atoms with Crippen molar-refractivity contribution in [3.05, 3.63) is 0 Å². The van der Waals surface area contributed by atoms with Gasteiger partial charge in [0, 0.05) is 12.8 Å². The molecule has 0 amide bonds. The Balaban J connectivity index is 3.91. The Labute approximate surface area is 80.9 Å². The lowest BCUT2D eigenvalue weighted by Gasteiger charge is -2.13. The second kappa shape index (κ2) is 6.68. The number of terminal acetylenes is 1. The molecule has 74 valence electrons. The second-order valence-corrected chi connectivity index (χ2v) is 3.37. The molecule has 0 bridgehead atoms. The normalized spacial score (nSPS) is 12.5. The molecule has 0 fully saturated rings. The minimum absolute atomic E-state index is 0.103. The molecule has 0 aliphatic carbocycles. The van der Waals surface area contributed by atoms with Crippen LogP contribution in [0.15, 0.2) is 0 Å². The molecule has 13 heavy (non-hydrogen) atoms. The topological polar surface area (TPSA) is 43.1 Å². The van der Waals surface area contributed by atoms with E-state index in [0.717, 1.165) is 12.8 Å². The van der Waals surface area contributed by atoms with Crippen LogP contribution in [-0.2, 0) is 4.79 Å². The standard InChI is InChI=1S/C11H19NO/c1-4-7-10(12)11(13)8-9(5-2)6-3/h1,9-10H,5-8,12H2,2-3H3. The zero-order valence-electron chi connectivity index (χ0n) is 8.55. The highest BCUT2D eigenvalue weighted by molar-refractivity contribution is 5.84. The monoisotopic (exact) mass is 181 g/mol. The highest BCUT2D eigenvalue weighted by Gasteiger charge is 2.15. The molecule has 0 saturated carbocycles. The Morgan fingerprint density at radius 1 is 1.46 bits per heavy atom. The van der Waals surface area contributed by atoms with E-state index in [2.05, 4.69) is 19.8 Å². The summed E-state index contributed by atoms with van der Waals surface area (Å²) in [5.41, 5.74) is 5.59. The number of Topliss-reactive ketones (excluding diaryl/α,β-unsaturated/α-hetero) is 1. The minimum atomic E-state index is -0.453.